The number of likely N-dealkylation sites (N-methyl/N-ethyl adjacent to an activating group) is 1. The molecule has 0 bridgehead atoms. The van der Waals surface area contributed by atoms with E-state index in [2.05, 4.69) is 17.2 Å². The van der Waals surface area contributed by atoms with E-state index < -0.39 is 5.92 Å². The van der Waals surface area contributed by atoms with Crippen molar-refractivity contribution in [1.29, 1.82) is 0 Å². The van der Waals surface area contributed by atoms with Crippen molar-refractivity contribution in [3.05, 3.63) is 34.6 Å². The summed E-state index contributed by atoms with van der Waals surface area (Å²) >= 11 is 6.52. The average molecular weight is 424 g/mol. The molecule has 2 atom stereocenters. The molecular weight excluding hydrogens is 400 g/mol. The number of methoxy groups -OCH3 is 1. The Morgan fingerprint density at radius 3 is 2.83 bits per heavy atom. The van der Waals surface area contributed by atoms with Crippen LogP contribution in [0.3, 0.4) is 0 Å². The van der Waals surface area contributed by atoms with E-state index in [1.165, 1.54) is 7.11 Å². The smallest absolute Gasteiger partial charge is 0.248 e. The zero-order valence-electron chi connectivity index (χ0n) is 16.6. The molecule has 156 valence electrons. The van der Waals surface area contributed by atoms with Crippen molar-refractivity contribution in [2.75, 3.05) is 27.3 Å². The maximum Gasteiger partial charge on any atom is 0.248 e. The van der Waals surface area contributed by atoms with E-state index in [1.54, 1.807) is 12.3 Å². The summed E-state index contributed by atoms with van der Waals surface area (Å²) in [5.41, 5.74) is 3.09. The number of halogens is 3. The summed E-state index contributed by atoms with van der Waals surface area (Å²) in [5, 5.41) is 3.49. The van der Waals surface area contributed by atoms with E-state index in [0.717, 1.165) is 11.3 Å². The minimum atomic E-state index is -2.58. The normalized spacial score (nSPS) is 21.2. The fraction of sp³-hybridized carbons (Fsp3) is 0.524. The summed E-state index contributed by atoms with van der Waals surface area (Å²) in [6.07, 6.45) is 1.39. The van der Waals surface area contributed by atoms with Crippen LogP contribution in [-0.2, 0) is 0 Å². The molecule has 1 aliphatic heterocycles. The Labute approximate surface area is 173 Å². The minimum Gasteiger partial charge on any atom is -0.490 e. The molecule has 1 fully saturated rings. The number of alkyl halides is 2. The van der Waals surface area contributed by atoms with Gasteiger partial charge in [0.15, 0.2) is 0 Å². The number of rotatable bonds is 6. The van der Waals surface area contributed by atoms with Crippen LogP contribution in [0.25, 0.3) is 11.3 Å². The highest BCUT2D eigenvalue weighted by atomic mass is 35.5. The van der Waals surface area contributed by atoms with Crippen LogP contribution in [0, 0.1) is 5.92 Å². The second kappa shape index (κ2) is 7.69. The second-order valence-electron chi connectivity index (χ2n) is 7.90. The van der Waals surface area contributed by atoms with E-state index >= 15 is 0 Å². The molecule has 2 aromatic heterocycles. The van der Waals surface area contributed by atoms with Crippen LogP contribution in [0.5, 0.6) is 11.6 Å². The third kappa shape index (κ3) is 3.66. The van der Waals surface area contributed by atoms with E-state index in [4.69, 9.17) is 26.1 Å². The fourth-order valence-corrected chi connectivity index (χ4v) is 4.51. The van der Waals surface area contributed by atoms with Crippen molar-refractivity contribution in [2.45, 2.75) is 37.5 Å². The van der Waals surface area contributed by atoms with Crippen LogP contribution in [-0.4, -0.2) is 43.2 Å². The number of aromatic nitrogens is 2. The van der Waals surface area contributed by atoms with Crippen LogP contribution >= 0.6 is 11.6 Å². The number of hydrogen-bond acceptors (Lipinski definition) is 5. The molecule has 0 aromatic carbocycles. The highest BCUT2D eigenvalue weighted by molar-refractivity contribution is 6.34. The summed E-state index contributed by atoms with van der Waals surface area (Å²) in [7, 11) is 3.33. The number of ether oxygens (including phenoxy) is 2. The van der Waals surface area contributed by atoms with Gasteiger partial charge in [0.2, 0.25) is 11.8 Å². The quantitative estimate of drug-likeness (QED) is 0.732. The molecule has 8 heteroatoms. The fourth-order valence-electron chi connectivity index (χ4n) is 4.24. The van der Waals surface area contributed by atoms with E-state index in [-0.39, 0.29) is 30.6 Å². The number of pyridine rings is 2. The molecule has 29 heavy (non-hydrogen) atoms. The number of nitrogens with one attached hydrogen (secondary N) is 1. The highest BCUT2D eigenvalue weighted by Gasteiger charge is 2.49. The third-order valence-corrected chi connectivity index (χ3v) is 6.20. The van der Waals surface area contributed by atoms with Crippen LogP contribution in [0.15, 0.2) is 18.3 Å². The first-order valence-electron chi connectivity index (χ1n) is 9.73. The Bertz CT molecular complexity index is 917. The van der Waals surface area contributed by atoms with Gasteiger partial charge >= 0.3 is 0 Å². The Hall–Kier alpha value is -1.99. The van der Waals surface area contributed by atoms with Gasteiger partial charge in [-0.2, -0.15) is 0 Å². The first kappa shape index (κ1) is 20.3. The molecule has 4 rings (SSSR count). The Kier molecular flexibility index (Phi) is 5.38. The Morgan fingerprint density at radius 1 is 1.41 bits per heavy atom. The van der Waals surface area contributed by atoms with Gasteiger partial charge in [0.25, 0.3) is 0 Å². The van der Waals surface area contributed by atoms with Crippen molar-refractivity contribution < 1.29 is 18.3 Å². The molecular formula is C21H24ClF2N3O2. The Balaban J connectivity index is 1.83. The molecule has 0 radical (unpaired) electrons. The molecule has 1 aliphatic carbocycles. The molecule has 5 nitrogen and oxygen atoms in total. The number of hydrogen-bond donors (Lipinski definition) is 1. The van der Waals surface area contributed by atoms with E-state index in [0.29, 0.717) is 41.1 Å². The predicted molar refractivity (Wildman–Crippen MR) is 107 cm³/mol. The van der Waals surface area contributed by atoms with Gasteiger partial charge in [0, 0.05) is 54.2 Å². The lowest BCUT2D eigenvalue weighted by molar-refractivity contribution is -0.117. The minimum absolute atomic E-state index is 0.108. The van der Waals surface area contributed by atoms with E-state index in [1.807, 2.05) is 13.1 Å². The zero-order chi connectivity index (χ0) is 20.8. The van der Waals surface area contributed by atoms with Crippen LogP contribution in [0.4, 0.5) is 8.78 Å². The van der Waals surface area contributed by atoms with Gasteiger partial charge in [-0.25, -0.2) is 18.7 Å². The summed E-state index contributed by atoms with van der Waals surface area (Å²) in [5.74, 6) is -1.62. The lowest BCUT2D eigenvalue weighted by Gasteiger charge is -2.40. The standard InChI is InChI=1S/C21H24ClF2N3O2/c1-11-10-29-19-14(11)6-16(15(9-25-2)12-7-21(23,24)8-12)27-18(19)13-4-5-26-20(28-3)17(13)22/h4-6,11-12,15,25H,7-10H2,1-3H3. The average Bonchev–Trinajstić information content (AvgIpc) is 3.05. The van der Waals surface area contributed by atoms with Gasteiger partial charge in [-0.05, 0) is 25.1 Å². The monoisotopic (exact) mass is 423 g/mol. The first-order chi connectivity index (χ1) is 13.8. The van der Waals surface area contributed by atoms with Gasteiger partial charge in [-0.1, -0.05) is 18.5 Å². The SMILES string of the molecule is CNCC(c1cc2c(c(-c3ccnc(OC)c3Cl)n1)OCC2C)C1CC(F)(F)C1. The maximum atomic E-state index is 13.6. The van der Waals surface area contributed by atoms with Crippen molar-refractivity contribution in [2.24, 2.45) is 5.92 Å². The number of fused-ring (bicyclic) bond motifs is 1. The van der Waals surface area contributed by atoms with Crippen molar-refractivity contribution in [1.82, 2.24) is 15.3 Å². The largest absolute Gasteiger partial charge is 0.490 e. The molecule has 0 amide bonds. The predicted octanol–water partition coefficient (Wildman–Crippen LogP) is 4.65. The van der Waals surface area contributed by atoms with Crippen LogP contribution < -0.4 is 14.8 Å². The molecule has 1 saturated carbocycles. The topological polar surface area (TPSA) is 56.3 Å². The lowest BCUT2D eigenvalue weighted by atomic mass is 9.71. The summed E-state index contributed by atoms with van der Waals surface area (Å²) < 4.78 is 38.3. The van der Waals surface area contributed by atoms with E-state index in [9.17, 15) is 8.78 Å². The number of nitrogens with zero attached hydrogens (tertiary/aromatic N) is 2. The van der Waals surface area contributed by atoms with Crippen molar-refractivity contribution in [3.8, 4) is 22.9 Å². The van der Waals surface area contributed by atoms with Gasteiger partial charge in [-0.15, -0.1) is 0 Å². The summed E-state index contributed by atoms with van der Waals surface area (Å²) in [4.78, 5) is 9.01. The molecule has 2 aliphatic rings. The van der Waals surface area contributed by atoms with Gasteiger partial charge < -0.3 is 14.8 Å². The lowest BCUT2D eigenvalue weighted by Crippen LogP contribution is -2.41. The van der Waals surface area contributed by atoms with Gasteiger partial charge in [0.1, 0.15) is 16.5 Å². The zero-order valence-corrected chi connectivity index (χ0v) is 17.4. The second-order valence-corrected chi connectivity index (χ2v) is 8.27. The van der Waals surface area contributed by atoms with Gasteiger partial charge in [0.05, 0.1) is 13.7 Å². The molecule has 0 spiro atoms. The van der Waals surface area contributed by atoms with Crippen LogP contribution in [0.2, 0.25) is 5.02 Å². The first-order valence-corrected chi connectivity index (χ1v) is 10.1. The molecule has 1 N–H and O–H groups in total. The molecule has 2 aromatic rings. The van der Waals surface area contributed by atoms with Gasteiger partial charge in [-0.3, -0.25) is 0 Å². The summed E-state index contributed by atoms with van der Waals surface area (Å²) in [6, 6.07) is 3.79. The molecule has 3 heterocycles. The third-order valence-electron chi connectivity index (χ3n) is 5.83. The molecule has 0 saturated heterocycles. The molecule has 2 unspecified atom stereocenters. The Morgan fingerprint density at radius 2 is 2.17 bits per heavy atom. The van der Waals surface area contributed by atoms with Crippen molar-refractivity contribution >= 4 is 11.6 Å². The highest BCUT2D eigenvalue weighted by Crippen LogP contribution is 2.51. The van der Waals surface area contributed by atoms with Crippen molar-refractivity contribution in [3.63, 3.8) is 0 Å². The van der Waals surface area contributed by atoms with Crippen LogP contribution in [0.1, 0.15) is 42.9 Å². The maximum absolute atomic E-state index is 13.6. The summed E-state index contributed by atoms with van der Waals surface area (Å²) in [6.45, 7) is 3.21.